The SMILES string of the molecule is CC1CCCCCN1C(CN)c1ccc(C(C)(C)C)s1. The van der Waals surface area contributed by atoms with Crippen molar-refractivity contribution in [3.05, 3.63) is 21.9 Å². The molecule has 0 saturated carbocycles. The maximum atomic E-state index is 6.13. The van der Waals surface area contributed by atoms with Gasteiger partial charge in [0.1, 0.15) is 0 Å². The third-order valence-electron chi connectivity index (χ3n) is 4.42. The number of rotatable bonds is 3. The minimum atomic E-state index is 0.243. The van der Waals surface area contributed by atoms with E-state index in [9.17, 15) is 0 Å². The number of nitrogens with two attached hydrogens (primary N) is 1. The van der Waals surface area contributed by atoms with Crippen LogP contribution in [0.1, 0.15) is 69.2 Å². The fourth-order valence-electron chi connectivity index (χ4n) is 3.11. The first-order chi connectivity index (χ1) is 9.43. The topological polar surface area (TPSA) is 29.3 Å². The first-order valence-electron chi connectivity index (χ1n) is 7.99. The van der Waals surface area contributed by atoms with Crippen LogP contribution >= 0.6 is 11.3 Å². The molecule has 0 spiro atoms. The molecular formula is C17H30N2S. The van der Waals surface area contributed by atoms with Gasteiger partial charge in [0, 0.05) is 22.3 Å². The molecule has 20 heavy (non-hydrogen) atoms. The summed E-state index contributed by atoms with van der Waals surface area (Å²) in [6, 6.07) is 5.67. The highest BCUT2D eigenvalue weighted by Crippen LogP contribution is 2.35. The Morgan fingerprint density at radius 1 is 1.30 bits per heavy atom. The van der Waals surface area contributed by atoms with Gasteiger partial charge in [-0.25, -0.2) is 0 Å². The van der Waals surface area contributed by atoms with E-state index in [0.717, 1.165) is 6.54 Å². The summed E-state index contributed by atoms with van der Waals surface area (Å²) >= 11 is 1.95. The van der Waals surface area contributed by atoms with Crippen molar-refractivity contribution in [2.24, 2.45) is 5.73 Å². The fraction of sp³-hybridized carbons (Fsp3) is 0.765. The second-order valence-corrected chi connectivity index (χ2v) is 8.26. The molecule has 2 atom stereocenters. The molecule has 0 aromatic carbocycles. The molecular weight excluding hydrogens is 264 g/mol. The molecule has 2 unspecified atom stereocenters. The Bertz CT molecular complexity index is 419. The molecule has 2 nitrogen and oxygen atoms in total. The van der Waals surface area contributed by atoms with Crippen LogP contribution in [0.25, 0.3) is 0 Å². The molecule has 3 heteroatoms. The molecule has 2 heterocycles. The van der Waals surface area contributed by atoms with Gasteiger partial charge in [-0.05, 0) is 43.9 Å². The molecule has 0 amide bonds. The second-order valence-electron chi connectivity index (χ2n) is 7.14. The van der Waals surface area contributed by atoms with Crippen molar-refractivity contribution >= 4 is 11.3 Å². The van der Waals surface area contributed by atoms with E-state index in [4.69, 9.17) is 5.73 Å². The van der Waals surface area contributed by atoms with Gasteiger partial charge in [0.15, 0.2) is 0 Å². The Kier molecular flexibility index (Phi) is 5.27. The van der Waals surface area contributed by atoms with Crippen LogP contribution in [0, 0.1) is 0 Å². The maximum absolute atomic E-state index is 6.13. The van der Waals surface area contributed by atoms with Crippen LogP contribution in [0.4, 0.5) is 0 Å². The number of hydrogen-bond donors (Lipinski definition) is 1. The summed E-state index contributed by atoms with van der Waals surface area (Å²) in [6.45, 7) is 11.2. The Morgan fingerprint density at radius 2 is 2.05 bits per heavy atom. The minimum absolute atomic E-state index is 0.243. The zero-order valence-electron chi connectivity index (χ0n) is 13.5. The molecule has 1 saturated heterocycles. The van der Waals surface area contributed by atoms with Gasteiger partial charge in [-0.2, -0.15) is 0 Å². The molecule has 0 bridgehead atoms. The van der Waals surface area contributed by atoms with Crippen LogP contribution in [-0.2, 0) is 5.41 Å². The molecule has 1 aliphatic rings. The summed E-state index contributed by atoms with van der Waals surface area (Å²) in [5.74, 6) is 0. The van der Waals surface area contributed by atoms with Gasteiger partial charge in [0.2, 0.25) is 0 Å². The standard InChI is InChI=1S/C17H30N2S/c1-13-8-6-5-7-11-19(13)14(12-18)15-9-10-16(20-15)17(2,3)4/h9-10,13-14H,5-8,11-12,18H2,1-4H3. The average Bonchev–Trinajstić information content (AvgIpc) is 2.77. The van der Waals surface area contributed by atoms with E-state index in [0.29, 0.717) is 12.1 Å². The summed E-state index contributed by atoms with van der Waals surface area (Å²) in [5.41, 5.74) is 6.37. The quantitative estimate of drug-likeness (QED) is 0.900. The molecule has 0 radical (unpaired) electrons. The minimum Gasteiger partial charge on any atom is -0.329 e. The Morgan fingerprint density at radius 3 is 2.65 bits per heavy atom. The first-order valence-corrected chi connectivity index (χ1v) is 8.81. The van der Waals surface area contributed by atoms with E-state index in [-0.39, 0.29) is 5.41 Å². The highest BCUT2D eigenvalue weighted by molar-refractivity contribution is 7.12. The number of likely N-dealkylation sites (tertiary alicyclic amines) is 1. The number of hydrogen-bond acceptors (Lipinski definition) is 3. The van der Waals surface area contributed by atoms with Gasteiger partial charge in [-0.3, -0.25) is 4.90 Å². The molecule has 1 aromatic rings. The molecule has 114 valence electrons. The van der Waals surface area contributed by atoms with Crippen LogP contribution in [0.2, 0.25) is 0 Å². The molecule has 1 aromatic heterocycles. The van der Waals surface area contributed by atoms with Crippen molar-refractivity contribution < 1.29 is 0 Å². The van der Waals surface area contributed by atoms with Gasteiger partial charge in [-0.15, -0.1) is 11.3 Å². The van der Waals surface area contributed by atoms with Crippen LogP contribution in [0.3, 0.4) is 0 Å². The third-order valence-corrected chi connectivity index (χ3v) is 6.03. The zero-order valence-corrected chi connectivity index (χ0v) is 14.3. The van der Waals surface area contributed by atoms with Crippen molar-refractivity contribution in [2.75, 3.05) is 13.1 Å². The van der Waals surface area contributed by atoms with Gasteiger partial charge in [0.25, 0.3) is 0 Å². The highest BCUT2D eigenvalue weighted by atomic mass is 32.1. The van der Waals surface area contributed by atoms with Crippen molar-refractivity contribution in [1.82, 2.24) is 4.90 Å². The third kappa shape index (κ3) is 3.63. The van der Waals surface area contributed by atoms with Crippen molar-refractivity contribution in [2.45, 2.75) is 70.9 Å². The normalized spacial score (nSPS) is 23.6. The lowest BCUT2D eigenvalue weighted by atomic mass is 9.95. The summed E-state index contributed by atoms with van der Waals surface area (Å²) in [5, 5.41) is 0. The Balaban J connectivity index is 2.20. The summed E-state index contributed by atoms with van der Waals surface area (Å²) in [6.07, 6.45) is 5.37. The predicted octanol–water partition coefficient (Wildman–Crippen LogP) is 4.31. The summed E-state index contributed by atoms with van der Waals surface area (Å²) in [4.78, 5) is 5.56. The van der Waals surface area contributed by atoms with E-state index in [2.05, 4.69) is 44.7 Å². The Hall–Kier alpha value is -0.380. The van der Waals surface area contributed by atoms with Crippen molar-refractivity contribution in [3.63, 3.8) is 0 Å². The van der Waals surface area contributed by atoms with Crippen molar-refractivity contribution in [3.8, 4) is 0 Å². The molecule has 0 aliphatic carbocycles. The van der Waals surface area contributed by atoms with Crippen LogP contribution in [0.15, 0.2) is 12.1 Å². The fourth-order valence-corrected chi connectivity index (χ4v) is 4.31. The van der Waals surface area contributed by atoms with E-state index in [1.165, 1.54) is 42.0 Å². The lowest BCUT2D eigenvalue weighted by Crippen LogP contribution is -2.39. The molecule has 1 aliphatic heterocycles. The summed E-state index contributed by atoms with van der Waals surface area (Å²) < 4.78 is 0. The largest absolute Gasteiger partial charge is 0.329 e. The lowest BCUT2D eigenvalue weighted by molar-refractivity contribution is 0.153. The predicted molar refractivity (Wildman–Crippen MR) is 89.5 cm³/mol. The average molecular weight is 295 g/mol. The van der Waals surface area contributed by atoms with Crippen molar-refractivity contribution in [1.29, 1.82) is 0 Å². The maximum Gasteiger partial charge on any atom is 0.0566 e. The van der Waals surface area contributed by atoms with Gasteiger partial charge < -0.3 is 5.73 Å². The van der Waals surface area contributed by atoms with E-state index in [1.54, 1.807) is 0 Å². The first kappa shape index (κ1) is 16.0. The molecule has 2 rings (SSSR count). The zero-order chi connectivity index (χ0) is 14.8. The lowest BCUT2D eigenvalue weighted by Gasteiger charge is -2.34. The number of nitrogens with zero attached hydrogens (tertiary/aromatic N) is 1. The van der Waals surface area contributed by atoms with Crippen LogP contribution < -0.4 is 5.73 Å². The second kappa shape index (κ2) is 6.59. The smallest absolute Gasteiger partial charge is 0.0566 e. The van der Waals surface area contributed by atoms with E-state index in [1.807, 2.05) is 11.3 Å². The monoisotopic (exact) mass is 294 g/mol. The van der Waals surface area contributed by atoms with Crippen LogP contribution in [0.5, 0.6) is 0 Å². The van der Waals surface area contributed by atoms with Gasteiger partial charge in [0.05, 0.1) is 6.04 Å². The highest BCUT2D eigenvalue weighted by Gasteiger charge is 2.27. The molecule has 2 N–H and O–H groups in total. The van der Waals surface area contributed by atoms with Crippen LogP contribution in [-0.4, -0.2) is 24.0 Å². The number of thiophene rings is 1. The summed E-state index contributed by atoms with van der Waals surface area (Å²) in [7, 11) is 0. The Labute approximate surface area is 128 Å². The van der Waals surface area contributed by atoms with Gasteiger partial charge in [-0.1, -0.05) is 33.6 Å². The van der Waals surface area contributed by atoms with Gasteiger partial charge >= 0.3 is 0 Å². The van der Waals surface area contributed by atoms with E-state index >= 15 is 0 Å². The molecule has 1 fully saturated rings. The van der Waals surface area contributed by atoms with E-state index < -0.39 is 0 Å².